The summed E-state index contributed by atoms with van der Waals surface area (Å²) in [5.74, 6) is 0.446. The van der Waals surface area contributed by atoms with Gasteiger partial charge in [0.05, 0.1) is 17.8 Å². The largest absolute Gasteiger partial charge is 0.394 e. The molecule has 102 valence electrons. The lowest BCUT2D eigenvalue weighted by Gasteiger charge is -2.36. The molecule has 1 aliphatic rings. The number of nitrogens with one attached hydrogen (secondary N) is 1. The number of anilines is 1. The van der Waals surface area contributed by atoms with Crippen molar-refractivity contribution < 1.29 is 9.84 Å². The summed E-state index contributed by atoms with van der Waals surface area (Å²) >= 11 is 0. The molecule has 0 radical (unpaired) electrons. The number of ether oxygens (including phenoxy) is 1. The van der Waals surface area contributed by atoms with Gasteiger partial charge in [0.15, 0.2) is 5.82 Å². The third-order valence-electron chi connectivity index (χ3n) is 3.70. The molecule has 2 rings (SSSR count). The molecule has 2 N–H and O–H groups in total. The second-order valence-electron chi connectivity index (χ2n) is 4.92. The van der Waals surface area contributed by atoms with Gasteiger partial charge >= 0.3 is 0 Å². The summed E-state index contributed by atoms with van der Waals surface area (Å²) in [7, 11) is 0. The Morgan fingerprint density at radius 1 is 1.37 bits per heavy atom. The molecule has 0 amide bonds. The molecule has 1 saturated heterocycles. The Balaban J connectivity index is 2.32. The highest BCUT2D eigenvalue weighted by atomic mass is 16.5. The highest BCUT2D eigenvalue weighted by molar-refractivity contribution is 5.57. The van der Waals surface area contributed by atoms with E-state index in [0.717, 1.165) is 11.3 Å². The lowest BCUT2D eigenvalue weighted by molar-refractivity contribution is 0.0378. The van der Waals surface area contributed by atoms with Gasteiger partial charge in [-0.2, -0.15) is 10.4 Å². The molecule has 0 unspecified atom stereocenters. The summed E-state index contributed by atoms with van der Waals surface area (Å²) in [6.07, 6.45) is 1.37. The first-order valence-electron chi connectivity index (χ1n) is 6.33. The summed E-state index contributed by atoms with van der Waals surface area (Å²) in [6, 6.07) is 2.16. The number of hydrogen-bond acceptors (Lipinski definition) is 6. The fourth-order valence-corrected chi connectivity index (χ4v) is 2.17. The minimum Gasteiger partial charge on any atom is -0.394 e. The van der Waals surface area contributed by atoms with Crippen molar-refractivity contribution in [3.8, 4) is 6.07 Å². The van der Waals surface area contributed by atoms with Crippen LogP contribution in [-0.2, 0) is 4.74 Å². The molecule has 0 aromatic carbocycles. The molecule has 0 saturated carbocycles. The van der Waals surface area contributed by atoms with E-state index in [9.17, 15) is 10.4 Å². The van der Waals surface area contributed by atoms with Crippen molar-refractivity contribution in [1.82, 2.24) is 10.2 Å². The molecule has 19 heavy (non-hydrogen) atoms. The van der Waals surface area contributed by atoms with E-state index in [1.807, 2.05) is 13.8 Å². The molecule has 1 aromatic heterocycles. The fourth-order valence-electron chi connectivity index (χ4n) is 2.17. The molecule has 1 aliphatic heterocycles. The zero-order valence-electron chi connectivity index (χ0n) is 11.2. The van der Waals surface area contributed by atoms with Gasteiger partial charge in [0.1, 0.15) is 11.6 Å². The van der Waals surface area contributed by atoms with E-state index in [1.165, 1.54) is 0 Å². The summed E-state index contributed by atoms with van der Waals surface area (Å²) in [5, 5.41) is 30.2. The van der Waals surface area contributed by atoms with Gasteiger partial charge < -0.3 is 15.2 Å². The van der Waals surface area contributed by atoms with E-state index in [4.69, 9.17) is 4.74 Å². The number of aliphatic hydroxyl groups is 1. The monoisotopic (exact) mass is 262 g/mol. The van der Waals surface area contributed by atoms with Crippen LogP contribution in [0, 0.1) is 25.2 Å². The maximum Gasteiger partial charge on any atom is 0.167 e. The zero-order chi connectivity index (χ0) is 13.9. The Hall–Kier alpha value is -1.71. The Bertz CT molecular complexity index is 504. The van der Waals surface area contributed by atoms with Crippen molar-refractivity contribution in [3.63, 3.8) is 0 Å². The van der Waals surface area contributed by atoms with Crippen molar-refractivity contribution in [2.24, 2.45) is 0 Å². The van der Waals surface area contributed by atoms with Gasteiger partial charge in [-0.1, -0.05) is 0 Å². The van der Waals surface area contributed by atoms with Crippen LogP contribution in [0.25, 0.3) is 0 Å². The van der Waals surface area contributed by atoms with Gasteiger partial charge in [0, 0.05) is 13.2 Å². The Morgan fingerprint density at radius 3 is 2.63 bits per heavy atom. The molecule has 0 spiro atoms. The molecule has 0 bridgehead atoms. The van der Waals surface area contributed by atoms with Gasteiger partial charge in [-0.05, 0) is 32.3 Å². The fraction of sp³-hybridized carbons (Fsp3) is 0.615. The first-order valence-corrected chi connectivity index (χ1v) is 6.33. The Morgan fingerprint density at radius 2 is 2.05 bits per heavy atom. The molecule has 6 heteroatoms. The molecular formula is C13H18N4O2. The number of aromatic nitrogens is 2. The van der Waals surface area contributed by atoms with Crippen molar-refractivity contribution >= 4 is 5.82 Å². The van der Waals surface area contributed by atoms with E-state index < -0.39 is 5.54 Å². The van der Waals surface area contributed by atoms with Crippen molar-refractivity contribution in [3.05, 3.63) is 16.8 Å². The number of nitrogens with zero attached hydrogens (tertiary/aromatic N) is 3. The van der Waals surface area contributed by atoms with Gasteiger partial charge in [0.2, 0.25) is 0 Å². The first kappa shape index (κ1) is 13.7. The second-order valence-corrected chi connectivity index (χ2v) is 4.92. The van der Waals surface area contributed by atoms with E-state index in [0.29, 0.717) is 37.4 Å². The highest BCUT2D eigenvalue weighted by Gasteiger charge is 2.33. The maximum atomic E-state index is 9.64. The van der Waals surface area contributed by atoms with Crippen LogP contribution in [0.15, 0.2) is 0 Å². The van der Waals surface area contributed by atoms with Crippen LogP contribution in [-0.4, -0.2) is 40.7 Å². The number of rotatable bonds is 3. The van der Waals surface area contributed by atoms with Crippen LogP contribution in [0.5, 0.6) is 0 Å². The summed E-state index contributed by atoms with van der Waals surface area (Å²) in [5.41, 5.74) is 1.58. The van der Waals surface area contributed by atoms with Crippen LogP contribution < -0.4 is 5.32 Å². The molecule has 6 nitrogen and oxygen atoms in total. The van der Waals surface area contributed by atoms with Gasteiger partial charge in [0.25, 0.3) is 0 Å². The zero-order valence-corrected chi connectivity index (χ0v) is 11.2. The highest BCUT2D eigenvalue weighted by Crippen LogP contribution is 2.27. The average molecular weight is 262 g/mol. The smallest absolute Gasteiger partial charge is 0.167 e. The topological polar surface area (TPSA) is 91.1 Å². The van der Waals surface area contributed by atoms with E-state index >= 15 is 0 Å². The van der Waals surface area contributed by atoms with Gasteiger partial charge in [-0.15, -0.1) is 5.10 Å². The summed E-state index contributed by atoms with van der Waals surface area (Å²) in [4.78, 5) is 0. The SMILES string of the molecule is Cc1nnc(NC2(CO)CCOCC2)c(C#N)c1C. The number of hydrogen-bond donors (Lipinski definition) is 2. The predicted molar refractivity (Wildman–Crippen MR) is 69.7 cm³/mol. The second kappa shape index (κ2) is 5.51. The number of aliphatic hydroxyl groups excluding tert-OH is 1. The van der Waals surface area contributed by atoms with Crippen molar-refractivity contribution in [2.75, 3.05) is 25.1 Å². The number of aryl methyl sites for hydroxylation is 1. The van der Waals surface area contributed by atoms with Gasteiger partial charge in [-0.3, -0.25) is 0 Å². The predicted octanol–water partition coefficient (Wildman–Crippen LogP) is 0.919. The molecule has 0 atom stereocenters. The maximum absolute atomic E-state index is 9.64. The Kier molecular flexibility index (Phi) is 3.98. The van der Waals surface area contributed by atoms with E-state index in [-0.39, 0.29) is 6.61 Å². The third kappa shape index (κ3) is 2.67. The molecule has 2 heterocycles. The molecule has 1 fully saturated rings. The van der Waals surface area contributed by atoms with Crippen LogP contribution in [0.3, 0.4) is 0 Å². The van der Waals surface area contributed by atoms with Crippen molar-refractivity contribution in [2.45, 2.75) is 32.2 Å². The van der Waals surface area contributed by atoms with E-state index in [1.54, 1.807) is 0 Å². The minimum atomic E-state index is -0.472. The third-order valence-corrected chi connectivity index (χ3v) is 3.70. The normalized spacial score (nSPS) is 17.8. The molecule has 1 aromatic rings. The van der Waals surface area contributed by atoms with Crippen LogP contribution >= 0.6 is 0 Å². The van der Waals surface area contributed by atoms with Gasteiger partial charge in [-0.25, -0.2) is 0 Å². The standard InChI is InChI=1S/C13H18N4O2/c1-9-10(2)16-17-12(11(9)7-14)15-13(8-18)3-5-19-6-4-13/h18H,3-6,8H2,1-2H3,(H,15,17). The van der Waals surface area contributed by atoms with Crippen LogP contribution in [0.2, 0.25) is 0 Å². The summed E-state index contributed by atoms with van der Waals surface area (Å²) < 4.78 is 5.31. The lowest BCUT2D eigenvalue weighted by Crippen LogP contribution is -2.47. The number of nitriles is 1. The quantitative estimate of drug-likeness (QED) is 0.841. The van der Waals surface area contributed by atoms with E-state index in [2.05, 4.69) is 21.6 Å². The molecule has 0 aliphatic carbocycles. The lowest BCUT2D eigenvalue weighted by atomic mass is 9.90. The first-order chi connectivity index (χ1) is 9.12. The minimum absolute atomic E-state index is 0.0180. The Labute approximate surface area is 112 Å². The van der Waals surface area contributed by atoms with Crippen LogP contribution in [0.4, 0.5) is 5.82 Å². The average Bonchev–Trinajstić information content (AvgIpc) is 2.44. The molecular weight excluding hydrogens is 244 g/mol. The van der Waals surface area contributed by atoms with Crippen LogP contribution in [0.1, 0.15) is 29.7 Å². The van der Waals surface area contributed by atoms with Crippen molar-refractivity contribution in [1.29, 1.82) is 5.26 Å². The summed E-state index contributed by atoms with van der Waals surface area (Å²) in [6.45, 7) is 4.84.